The van der Waals surface area contributed by atoms with Crippen molar-refractivity contribution >= 4 is 25.2 Å². The lowest BCUT2D eigenvalue weighted by Crippen LogP contribution is -2.52. The fraction of sp³-hybridized carbons (Fsp3) is 1.00. The maximum atomic E-state index is 9.99. The van der Waals surface area contributed by atoms with E-state index >= 15 is 0 Å². The van der Waals surface area contributed by atoms with Crippen LogP contribution < -0.4 is 0 Å². The number of aliphatic hydroxyl groups excluding tert-OH is 4. The normalized spacial score (nSPS) is 16.4. The Hall–Kier alpha value is 0.0106. The molecule has 0 saturated carbocycles. The van der Waals surface area contributed by atoms with Crippen molar-refractivity contribution in [3.05, 3.63) is 0 Å². The summed E-state index contributed by atoms with van der Waals surface area (Å²) in [6.07, 6.45) is -2.16. The van der Waals surface area contributed by atoms with Gasteiger partial charge in [0, 0.05) is 41.7 Å². The Morgan fingerprint density at radius 2 is 0.698 bits per heavy atom. The van der Waals surface area contributed by atoms with Gasteiger partial charge in [0.1, 0.15) is 36.6 Å². The van der Waals surface area contributed by atoms with Crippen LogP contribution in [0, 0.1) is 0 Å². The highest BCUT2D eigenvalue weighted by molar-refractivity contribution is 6.87. The Bertz CT molecular complexity index is 784. The third kappa shape index (κ3) is 31.7. The van der Waals surface area contributed by atoms with E-state index in [1.807, 2.05) is 0 Å². The van der Waals surface area contributed by atoms with E-state index in [1.54, 1.807) is 0 Å². The molecule has 0 aliphatic heterocycles. The summed E-state index contributed by atoms with van der Waals surface area (Å²) >= 11 is 0. The van der Waals surface area contributed by atoms with Crippen LogP contribution in [0.5, 0.6) is 0 Å². The van der Waals surface area contributed by atoms with Crippen LogP contribution in [0.15, 0.2) is 0 Å². The minimum absolute atomic E-state index is 0.0842. The lowest BCUT2D eigenvalue weighted by Gasteiger charge is -2.38. The van der Waals surface area contributed by atoms with Crippen molar-refractivity contribution < 1.29 is 76.0 Å². The number of rotatable bonds is 38. The van der Waals surface area contributed by atoms with Gasteiger partial charge in [-0.3, -0.25) is 0 Å². The fourth-order valence-corrected chi connectivity index (χ4v) is 19.5. The van der Waals surface area contributed by atoms with Crippen molar-refractivity contribution in [2.45, 2.75) is 101 Å². The molecule has 0 aromatic rings. The molecule has 19 heteroatoms. The van der Waals surface area contributed by atoms with Crippen LogP contribution in [-0.2, 0) is 55.6 Å². The molecule has 0 aliphatic rings. The van der Waals surface area contributed by atoms with E-state index in [2.05, 4.69) is 39.3 Å². The Morgan fingerprint density at radius 1 is 0.396 bits per heavy atom. The van der Waals surface area contributed by atoms with E-state index in [0.717, 1.165) is 24.9 Å². The van der Waals surface area contributed by atoms with Crippen molar-refractivity contribution in [1.82, 2.24) is 0 Å². The van der Waals surface area contributed by atoms with Gasteiger partial charge < -0.3 is 76.0 Å². The highest BCUT2D eigenvalue weighted by Crippen LogP contribution is 2.26. The summed E-state index contributed by atoms with van der Waals surface area (Å²) in [4.78, 5) is 0. The summed E-state index contributed by atoms with van der Waals surface area (Å²) in [6.45, 7) is 16.2. The molecule has 0 aliphatic carbocycles. The van der Waals surface area contributed by atoms with Crippen LogP contribution in [0.4, 0.5) is 0 Å². The zero-order valence-corrected chi connectivity index (χ0v) is 37.4. The van der Waals surface area contributed by atoms with Crippen molar-refractivity contribution in [3.63, 3.8) is 0 Å². The Kier molecular flexibility index (Phi) is 31.1. The molecule has 0 aromatic heterocycles. The summed E-state index contributed by atoms with van der Waals surface area (Å²) < 4.78 is 68.0. The number of aliphatic hydroxyl groups is 4. The van der Waals surface area contributed by atoms with Crippen LogP contribution in [0.1, 0.15) is 12.8 Å². The summed E-state index contributed by atoms with van der Waals surface area (Å²) in [5.74, 6) is 0. The minimum atomic E-state index is -2.42. The molecule has 0 amide bonds. The van der Waals surface area contributed by atoms with Crippen molar-refractivity contribution in [1.29, 1.82) is 0 Å². The fourth-order valence-electron chi connectivity index (χ4n) is 5.50. The van der Waals surface area contributed by atoms with Crippen LogP contribution in [-0.4, -0.2) is 203 Å². The molecule has 0 spiro atoms. The minimum Gasteiger partial charge on any atom is -0.437 e. The van der Waals surface area contributed by atoms with Gasteiger partial charge in [0.25, 0.3) is 0 Å². The van der Waals surface area contributed by atoms with Gasteiger partial charge >= 0.3 is 8.56 Å². The van der Waals surface area contributed by atoms with Crippen LogP contribution >= 0.6 is 0 Å². The molecule has 0 fully saturated rings. The number of ether oxygens (including phenoxy) is 10. The van der Waals surface area contributed by atoms with Gasteiger partial charge in [-0.05, 0) is 64.2 Å². The second kappa shape index (κ2) is 31.1. The lowest BCUT2D eigenvalue weighted by molar-refractivity contribution is -0.100. The van der Waals surface area contributed by atoms with Crippen molar-refractivity contribution in [2.75, 3.05) is 121 Å². The first-order chi connectivity index (χ1) is 25.0. The number of hydrogen-bond donors (Lipinski definition) is 4. The molecular weight excluding hydrogens is 749 g/mol. The van der Waals surface area contributed by atoms with Crippen LogP contribution in [0.3, 0.4) is 0 Å². The summed E-state index contributed by atoms with van der Waals surface area (Å²) in [6, 6.07) is 1.81. The SMILES string of the molecule is COCC(O)COCC(COCCC[Si](C)(C)O[Si](C)(C)O[Si](C)(C)CCCOCC(COCC(O)COC)OCC(O)COC)OCC(O)COC. The standard InChI is InChI=1S/C34H76O16Si3/c1-39-17-29(35)21-45-27-33(47-23-31(37)19-41-3)25-43-13-11-15-51(5,6)49-53(9,10)50-52(7,8)16-12-14-44-26-34(48-24-32(38)20-42-4)28-46-22-30(36)18-40-2/h29-38H,11-28H2,1-10H3. The zero-order chi connectivity index (χ0) is 40.2. The van der Waals surface area contributed by atoms with E-state index < -0.39 is 61.8 Å². The monoisotopic (exact) mass is 824 g/mol. The smallest absolute Gasteiger partial charge is 0.311 e. The molecular formula is C34H76O16Si3. The number of hydrogen-bond acceptors (Lipinski definition) is 16. The third-order valence-corrected chi connectivity index (χ3v) is 19.0. The van der Waals surface area contributed by atoms with Gasteiger partial charge in [-0.25, -0.2) is 0 Å². The molecule has 0 bridgehead atoms. The second-order valence-electron chi connectivity index (χ2n) is 14.9. The van der Waals surface area contributed by atoms with Gasteiger partial charge in [0.05, 0.1) is 79.3 Å². The molecule has 6 atom stereocenters. The quantitative estimate of drug-likeness (QED) is 0.0520. The first kappa shape index (κ1) is 53.0. The third-order valence-electron chi connectivity index (χ3n) is 7.50. The summed E-state index contributed by atoms with van der Waals surface area (Å²) in [5.41, 5.74) is 0. The van der Waals surface area contributed by atoms with Crippen LogP contribution in [0.2, 0.25) is 51.4 Å². The topological polar surface area (TPSA) is 192 Å². The molecule has 320 valence electrons. The molecule has 4 N–H and O–H groups in total. The van der Waals surface area contributed by atoms with E-state index in [1.165, 1.54) is 28.4 Å². The molecule has 0 aromatic carbocycles. The van der Waals surface area contributed by atoms with Crippen molar-refractivity contribution in [3.8, 4) is 0 Å². The van der Waals surface area contributed by atoms with Gasteiger partial charge in [0.15, 0.2) is 16.6 Å². The Labute approximate surface area is 322 Å². The van der Waals surface area contributed by atoms with E-state index in [0.29, 0.717) is 13.2 Å². The Balaban J connectivity index is 4.70. The average Bonchev–Trinajstić information content (AvgIpc) is 3.04. The van der Waals surface area contributed by atoms with Gasteiger partial charge in [-0.2, -0.15) is 0 Å². The van der Waals surface area contributed by atoms with Gasteiger partial charge in [0.2, 0.25) is 0 Å². The molecule has 0 rings (SSSR count). The molecule has 0 heterocycles. The largest absolute Gasteiger partial charge is 0.437 e. The number of methoxy groups -OCH3 is 4. The molecule has 0 saturated heterocycles. The predicted octanol–water partition coefficient (Wildman–Crippen LogP) is 1.78. The van der Waals surface area contributed by atoms with Crippen LogP contribution in [0.25, 0.3) is 0 Å². The maximum absolute atomic E-state index is 9.99. The molecule has 0 radical (unpaired) electrons. The lowest BCUT2D eigenvalue weighted by atomic mass is 10.3. The van der Waals surface area contributed by atoms with Gasteiger partial charge in [-0.15, -0.1) is 0 Å². The van der Waals surface area contributed by atoms with Gasteiger partial charge in [-0.1, -0.05) is 0 Å². The predicted molar refractivity (Wildman–Crippen MR) is 208 cm³/mol. The maximum Gasteiger partial charge on any atom is 0.311 e. The molecule has 16 nitrogen and oxygen atoms in total. The highest BCUT2D eigenvalue weighted by Gasteiger charge is 2.39. The van der Waals surface area contributed by atoms with E-state index in [9.17, 15) is 20.4 Å². The molecule has 53 heavy (non-hydrogen) atoms. The Morgan fingerprint density at radius 3 is 1.02 bits per heavy atom. The van der Waals surface area contributed by atoms with E-state index in [-0.39, 0.29) is 79.3 Å². The second-order valence-corrected chi connectivity index (χ2v) is 27.4. The first-order valence-corrected chi connectivity index (χ1v) is 27.6. The van der Waals surface area contributed by atoms with E-state index in [4.69, 9.17) is 55.6 Å². The molecule has 6 unspecified atom stereocenters. The summed E-state index contributed by atoms with van der Waals surface area (Å²) in [7, 11) is -0.478. The average molecular weight is 825 g/mol. The van der Waals surface area contributed by atoms with Crippen molar-refractivity contribution in [2.24, 2.45) is 0 Å². The zero-order valence-electron chi connectivity index (χ0n) is 34.4. The summed E-state index contributed by atoms with van der Waals surface area (Å²) in [5, 5.41) is 39.7. The highest BCUT2D eigenvalue weighted by atomic mass is 28.5. The first-order valence-electron chi connectivity index (χ1n) is 18.6.